The Balaban J connectivity index is 1.75. The van der Waals surface area contributed by atoms with Crippen LogP contribution in [0.3, 0.4) is 0 Å². The Morgan fingerprint density at radius 2 is 2.04 bits per heavy atom. The van der Waals surface area contributed by atoms with Crippen LogP contribution in [0.25, 0.3) is 0 Å². The number of nitrogens with one attached hydrogen (secondary N) is 2. The largest absolute Gasteiger partial charge is 0.459 e. The molecule has 24 heavy (non-hydrogen) atoms. The van der Waals surface area contributed by atoms with Crippen LogP contribution in [-0.4, -0.2) is 52.2 Å². The van der Waals surface area contributed by atoms with Crippen molar-refractivity contribution in [2.45, 2.75) is 18.4 Å². The normalized spacial score (nSPS) is 16.7. The molecule has 2 amide bonds. The Morgan fingerprint density at radius 3 is 2.58 bits per heavy atom. The van der Waals surface area contributed by atoms with E-state index in [1.807, 2.05) is 13.1 Å². The highest BCUT2D eigenvalue weighted by Gasteiger charge is 2.42. The molecule has 0 spiro atoms. The van der Waals surface area contributed by atoms with Gasteiger partial charge in [-0.1, -0.05) is 0 Å². The first kappa shape index (κ1) is 16.1. The minimum atomic E-state index is -0.761. The Hall–Kier alpha value is -2.77. The van der Waals surface area contributed by atoms with Gasteiger partial charge in [0.15, 0.2) is 5.76 Å². The van der Waals surface area contributed by atoms with Gasteiger partial charge in [0.2, 0.25) is 5.91 Å². The summed E-state index contributed by atoms with van der Waals surface area (Å²) < 4.78 is 6.86. The first-order valence-electron chi connectivity index (χ1n) is 7.87. The summed E-state index contributed by atoms with van der Waals surface area (Å²) in [4.78, 5) is 26.6. The van der Waals surface area contributed by atoms with Crippen molar-refractivity contribution in [1.29, 1.82) is 0 Å². The van der Waals surface area contributed by atoms with Gasteiger partial charge in [0, 0.05) is 33.3 Å². The van der Waals surface area contributed by atoms with Crippen LogP contribution in [0.5, 0.6) is 0 Å². The minimum Gasteiger partial charge on any atom is -0.459 e. The van der Waals surface area contributed by atoms with Gasteiger partial charge < -0.3 is 20.0 Å². The molecule has 0 atom stereocenters. The standard InChI is InChI=1S/C16H21N5O3/c1-17-15(23)16(19-13-5-8-18-20(13)2)6-9-21(10-7-16)14(22)12-4-3-11-24-12/h3-5,8,11,19H,6-7,9-10H2,1-2H3,(H,17,23). The number of hydrogen-bond acceptors (Lipinski definition) is 5. The summed E-state index contributed by atoms with van der Waals surface area (Å²) in [5, 5.41) is 10.2. The van der Waals surface area contributed by atoms with E-state index >= 15 is 0 Å². The molecule has 1 fully saturated rings. The number of likely N-dealkylation sites (N-methyl/N-ethyl adjacent to an activating group) is 1. The number of carbonyl (C=O) groups is 2. The Kier molecular flexibility index (Phi) is 4.28. The summed E-state index contributed by atoms with van der Waals surface area (Å²) in [6, 6.07) is 5.16. The molecular formula is C16H21N5O3. The van der Waals surface area contributed by atoms with Crippen LogP contribution >= 0.6 is 0 Å². The lowest BCUT2D eigenvalue weighted by molar-refractivity contribution is -0.126. The van der Waals surface area contributed by atoms with Crippen LogP contribution in [0.4, 0.5) is 5.82 Å². The van der Waals surface area contributed by atoms with Crippen molar-refractivity contribution in [3.05, 3.63) is 36.4 Å². The van der Waals surface area contributed by atoms with E-state index in [4.69, 9.17) is 4.42 Å². The number of piperidine rings is 1. The lowest BCUT2D eigenvalue weighted by atomic mass is 9.86. The first-order chi connectivity index (χ1) is 11.6. The second-order valence-corrected chi connectivity index (χ2v) is 5.90. The van der Waals surface area contributed by atoms with Crippen LogP contribution in [0.15, 0.2) is 35.1 Å². The van der Waals surface area contributed by atoms with E-state index < -0.39 is 5.54 Å². The number of aryl methyl sites for hydroxylation is 1. The number of aromatic nitrogens is 2. The number of furan rings is 1. The zero-order chi connectivity index (χ0) is 17.2. The van der Waals surface area contributed by atoms with Crippen molar-refractivity contribution in [3.8, 4) is 0 Å². The van der Waals surface area contributed by atoms with Crippen molar-refractivity contribution in [2.75, 3.05) is 25.5 Å². The van der Waals surface area contributed by atoms with Crippen molar-refractivity contribution in [1.82, 2.24) is 20.0 Å². The van der Waals surface area contributed by atoms with Crippen molar-refractivity contribution < 1.29 is 14.0 Å². The number of hydrogen-bond donors (Lipinski definition) is 2. The molecule has 1 saturated heterocycles. The van der Waals surface area contributed by atoms with Crippen molar-refractivity contribution >= 4 is 17.6 Å². The molecular weight excluding hydrogens is 310 g/mol. The third kappa shape index (κ3) is 2.86. The molecule has 128 valence electrons. The Labute approximate surface area is 139 Å². The van der Waals surface area contributed by atoms with E-state index in [0.717, 1.165) is 5.82 Å². The molecule has 0 radical (unpaired) electrons. The number of amides is 2. The summed E-state index contributed by atoms with van der Waals surface area (Å²) >= 11 is 0. The molecule has 0 aliphatic carbocycles. The Morgan fingerprint density at radius 1 is 1.29 bits per heavy atom. The zero-order valence-corrected chi connectivity index (χ0v) is 13.8. The monoisotopic (exact) mass is 331 g/mol. The van der Waals surface area contributed by atoms with Gasteiger partial charge in [0.25, 0.3) is 5.91 Å². The summed E-state index contributed by atoms with van der Waals surface area (Å²) in [6.07, 6.45) is 4.17. The van der Waals surface area contributed by atoms with Crippen molar-refractivity contribution in [3.63, 3.8) is 0 Å². The molecule has 3 rings (SSSR count). The predicted molar refractivity (Wildman–Crippen MR) is 87.5 cm³/mol. The van der Waals surface area contributed by atoms with Crippen LogP contribution in [0, 0.1) is 0 Å². The highest BCUT2D eigenvalue weighted by Crippen LogP contribution is 2.28. The number of likely N-dealkylation sites (tertiary alicyclic amines) is 1. The van der Waals surface area contributed by atoms with Gasteiger partial charge in [-0.05, 0) is 25.0 Å². The molecule has 0 saturated carbocycles. The lowest BCUT2D eigenvalue weighted by Gasteiger charge is -2.41. The topological polar surface area (TPSA) is 92.4 Å². The highest BCUT2D eigenvalue weighted by molar-refractivity contribution is 5.93. The molecule has 1 aliphatic heterocycles. The molecule has 8 nitrogen and oxygen atoms in total. The maximum atomic E-state index is 12.5. The molecule has 2 N–H and O–H groups in total. The van der Waals surface area contributed by atoms with E-state index in [-0.39, 0.29) is 11.8 Å². The van der Waals surface area contributed by atoms with E-state index in [2.05, 4.69) is 15.7 Å². The fourth-order valence-corrected chi connectivity index (χ4v) is 3.04. The first-order valence-corrected chi connectivity index (χ1v) is 7.87. The van der Waals surface area contributed by atoms with Crippen LogP contribution in [-0.2, 0) is 11.8 Å². The van der Waals surface area contributed by atoms with E-state index in [1.165, 1.54) is 6.26 Å². The van der Waals surface area contributed by atoms with Crippen LogP contribution < -0.4 is 10.6 Å². The predicted octanol–water partition coefficient (Wildman–Crippen LogP) is 0.846. The van der Waals surface area contributed by atoms with Gasteiger partial charge in [-0.3, -0.25) is 14.3 Å². The summed E-state index contributed by atoms with van der Waals surface area (Å²) in [5.41, 5.74) is -0.761. The maximum absolute atomic E-state index is 12.5. The molecule has 0 bridgehead atoms. The van der Waals surface area contributed by atoms with Gasteiger partial charge in [0.1, 0.15) is 11.4 Å². The minimum absolute atomic E-state index is 0.0891. The van der Waals surface area contributed by atoms with Crippen LogP contribution in [0.2, 0.25) is 0 Å². The second kappa shape index (κ2) is 6.38. The van der Waals surface area contributed by atoms with Crippen LogP contribution in [0.1, 0.15) is 23.4 Å². The third-order valence-corrected chi connectivity index (χ3v) is 4.49. The average molecular weight is 331 g/mol. The van der Waals surface area contributed by atoms with Gasteiger partial charge >= 0.3 is 0 Å². The second-order valence-electron chi connectivity index (χ2n) is 5.90. The summed E-state index contributed by atoms with van der Waals surface area (Å²) in [6.45, 7) is 0.940. The molecule has 8 heteroatoms. The summed E-state index contributed by atoms with van der Waals surface area (Å²) in [7, 11) is 3.44. The SMILES string of the molecule is CNC(=O)C1(Nc2ccnn2C)CCN(C(=O)c2ccco2)CC1. The maximum Gasteiger partial charge on any atom is 0.289 e. The zero-order valence-electron chi connectivity index (χ0n) is 13.8. The molecule has 0 aromatic carbocycles. The molecule has 2 aromatic rings. The van der Waals surface area contributed by atoms with E-state index in [0.29, 0.717) is 31.7 Å². The Bertz CT molecular complexity index is 714. The smallest absolute Gasteiger partial charge is 0.289 e. The molecule has 3 heterocycles. The average Bonchev–Trinajstić information content (AvgIpc) is 3.26. The third-order valence-electron chi connectivity index (χ3n) is 4.49. The van der Waals surface area contributed by atoms with E-state index in [1.54, 1.807) is 35.0 Å². The number of nitrogens with zero attached hydrogens (tertiary/aromatic N) is 3. The summed E-state index contributed by atoms with van der Waals surface area (Å²) in [5.74, 6) is 0.853. The lowest BCUT2D eigenvalue weighted by Crippen LogP contribution is -2.58. The van der Waals surface area contributed by atoms with Gasteiger partial charge in [-0.15, -0.1) is 0 Å². The highest BCUT2D eigenvalue weighted by atomic mass is 16.3. The number of carbonyl (C=O) groups excluding carboxylic acids is 2. The molecule has 0 unspecified atom stereocenters. The van der Waals surface area contributed by atoms with E-state index in [9.17, 15) is 9.59 Å². The van der Waals surface area contributed by atoms with Crippen molar-refractivity contribution in [2.24, 2.45) is 7.05 Å². The number of anilines is 1. The molecule has 1 aliphatic rings. The quantitative estimate of drug-likeness (QED) is 0.866. The molecule has 2 aromatic heterocycles. The fourth-order valence-electron chi connectivity index (χ4n) is 3.04. The van der Waals surface area contributed by atoms with Gasteiger partial charge in [0.05, 0.1) is 12.5 Å². The fraction of sp³-hybridized carbons (Fsp3) is 0.438. The van der Waals surface area contributed by atoms with Gasteiger partial charge in [-0.2, -0.15) is 5.10 Å². The number of rotatable bonds is 4. The van der Waals surface area contributed by atoms with Gasteiger partial charge in [-0.25, -0.2) is 0 Å².